The van der Waals surface area contributed by atoms with Gasteiger partial charge in [-0.1, -0.05) is 12.8 Å². The Kier molecular flexibility index (Phi) is 6.94. The van der Waals surface area contributed by atoms with Crippen LogP contribution in [-0.4, -0.2) is 80.0 Å². The molecule has 1 aliphatic heterocycles. The van der Waals surface area contributed by atoms with Crippen LogP contribution in [0.5, 0.6) is 0 Å². The van der Waals surface area contributed by atoms with E-state index in [0.29, 0.717) is 19.2 Å². The highest BCUT2D eigenvalue weighted by Gasteiger charge is 2.35. The molecule has 0 radical (unpaired) electrons. The van der Waals surface area contributed by atoms with Crippen molar-refractivity contribution in [2.75, 3.05) is 40.9 Å². The summed E-state index contributed by atoms with van der Waals surface area (Å²) in [5.74, 6) is 0. The van der Waals surface area contributed by atoms with Crippen LogP contribution in [0.2, 0.25) is 0 Å². The van der Waals surface area contributed by atoms with Gasteiger partial charge in [-0.25, -0.2) is 13.4 Å². The Morgan fingerprint density at radius 3 is 2.63 bits per heavy atom. The summed E-state index contributed by atoms with van der Waals surface area (Å²) in [5.41, 5.74) is 1.00. The average Bonchev–Trinajstić information content (AvgIpc) is 3.37. The van der Waals surface area contributed by atoms with Crippen LogP contribution >= 0.6 is 0 Å². The van der Waals surface area contributed by atoms with Crippen LogP contribution in [0.1, 0.15) is 44.2 Å². The van der Waals surface area contributed by atoms with Gasteiger partial charge in [-0.3, -0.25) is 4.90 Å². The van der Waals surface area contributed by atoms with E-state index in [1.807, 2.05) is 4.57 Å². The predicted octanol–water partition coefficient (Wildman–Crippen LogP) is 1.77. The van der Waals surface area contributed by atoms with Crippen molar-refractivity contribution in [3.8, 4) is 0 Å². The first-order chi connectivity index (χ1) is 12.9. The number of aromatic nitrogens is 2. The zero-order valence-corrected chi connectivity index (χ0v) is 17.7. The zero-order chi connectivity index (χ0) is 19.4. The molecule has 3 rings (SSSR count). The molecule has 27 heavy (non-hydrogen) atoms. The Balaban J connectivity index is 1.80. The van der Waals surface area contributed by atoms with Gasteiger partial charge < -0.3 is 14.2 Å². The highest BCUT2D eigenvalue weighted by molar-refractivity contribution is 7.91. The smallest absolute Gasteiger partial charge is 0.228 e. The normalized spacial score (nSPS) is 22.3. The number of hydrogen-bond acceptors (Lipinski definition) is 6. The molecule has 2 aliphatic rings. The summed E-state index contributed by atoms with van der Waals surface area (Å²) in [6, 6.07) is 0.566. The second kappa shape index (κ2) is 9.03. The van der Waals surface area contributed by atoms with E-state index in [2.05, 4.69) is 28.9 Å². The lowest BCUT2D eigenvalue weighted by Gasteiger charge is -2.21. The molecule has 2 fully saturated rings. The van der Waals surface area contributed by atoms with Crippen molar-refractivity contribution < 1.29 is 13.2 Å². The number of methoxy groups -OCH3 is 1. The van der Waals surface area contributed by atoms with Gasteiger partial charge in [-0.15, -0.1) is 0 Å². The zero-order valence-electron chi connectivity index (χ0n) is 16.9. The number of imidazole rings is 1. The van der Waals surface area contributed by atoms with Crippen molar-refractivity contribution in [1.82, 2.24) is 19.4 Å². The Hall–Kier alpha value is -0.960. The molecule has 0 spiro atoms. The van der Waals surface area contributed by atoms with Gasteiger partial charge in [-0.2, -0.15) is 0 Å². The van der Waals surface area contributed by atoms with Crippen molar-refractivity contribution in [3.63, 3.8) is 0 Å². The fraction of sp³-hybridized carbons (Fsp3) is 0.842. The topological polar surface area (TPSA) is 67.7 Å². The fourth-order valence-corrected chi connectivity index (χ4v) is 6.27. The molecule has 1 saturated heterocycles. The molecule has 1 aromatic rings. The molecule has 0 unspecified atom stereocenters. The molecule has 154 valence electrons. The van der Waals surface area contributed by atoms with Crippen LogP contribution < -0.4 is 0 Å². The molecule has 2 heterocycles. The first kappa shape index (κ1) is 20.8. The summed E-state index contributed by atoms with van der Waals surface area (Å²) in [5, 5.41) is 0.00249. The Labute approximate surface area is 163 Å². The molecular weight excluding hydrogens is 364 g/mol. The summed E-state index contributed by atoms with van der Waals surface area (Å²) in [7, 11) is 2.56. The van der Waals surface area contributed by atoms with Crippen LogP contribution in [0.15, 0.2) is 11.4 Å². The minimum Gasteiger partial charge on any atom is -0.385 e. The van der Waals surface area contributed by atoms with Crippen LogP contribution in [-0.2, 0) is 27.7 Å². The third kappa shape index (κ3) is 4.72. The highest BCUT2D eigenvalue weighted by atomic mass is 32.2. The lowest BCUT2D eigenvalue weighted by atomic mass is 10.2. The molecule has 0 amide bonds. The molecule has 7 nitrogen and oxygen atoms in total. The Morgan fingerprint density at radius 1 is 1.26 bits per heavy atom. The number of ether oxygens (including phenoxy) is 1. The summed E-state index contributed by atoms with van der Waals surface area (Å²) < 4.78 is 33.4. The first-order valence-corrected chi connectivity index (χ1v) is 11.6. The van der Waals surface area contributed by atoms with Gasteiger partial charge in [0.2, 0.25) is 15.0 Å². The maximum Gasteiger partial charge on any atom is 0.228 e. The SMILES string of the molecule is COCCCn1c(CN2CC[C@H](N(C)C)C2)cnc1S(=O)(=O)C1CCCC1. The standard InChI is InChI=1S/C19H34N4O3S/c1-21(2)16-9-11-22(14-16)15-17-13-20-19(23(17)10-6-12-26-3)27(24,25)18-7-4-5-8-18/h13,16,18H,4-12,14-15H2,1-3H3/t16-/m0/s1. The lowest BCUT2D eigenvalue weighted by molar-refractivity contribution is 0.188. The third-order valence-corrected chi connectivity index (χ3v) is 8.17. The second-order valence-corrected chi connectivity index (χ2v) is 10.2. The van der Waals surface area contributed by atoms with Gasteiger partial charge in [0.25, 0.3) is 0 Å². The van der Waals surface area contributed by atoms with Gasteiger partial charge in [-0.05, 0) is 39.8 Å². The Morgan fingerprint density at radius 2 is 2.00 bits per heavy atom. The van der Waals surface area contributed by atoms with E-state index in [-0.39, 0.29) is 10.4 Å². The van der Waals surface area contributed by atoms with Gasteiger partial charge in [0.1, 0.15) is 0 Å². The van der Waals surface area contributed by atoms with Crippen molar-refractivity contribution in [2.45, 2.75) is 68.1 Å². The van der Waals surface area contributed by atoms with E-state index in [0.717, 1.165) is 63.9 Å². The molecule has 1 aliphatic carbocycles. The summed E-state index contributed by atoms with van der Waals surface area (Å²) in [6.45, 7) is 4.06. The molecule has 1 saturated carbocycles. The second-order valence-electron chi connectivity index (χ2n) is 8.12. The molecule has 1 atom stereocenters. The van der Waals surface area contributed by atoms with Gasteiger partial charge in [0, 0.05) is 45.9 Å². The molecule has 8 heteroatoms. The highest BCUT2D eigenvalue weighted by Crippen LogP contribution is 2.30. The van der Waals surface area contributed by atoms with Crippen molar-refractivity contribution in [2.24, 2.45) is 0 Å². The van der Waals surface area contributed by atoms with Crippen LogP contribution in [0.25, 0.3) is 0 Å². The minimum atomic E-state index is -3.36. The molecular formula is C19H34N4O3S. The number of nitrogens with zero attached hydrogens (tertiary/aromatic N) is 4. The van der Waals surface area contributed by atoms with Gasteiger partial charge in [0.05, 0.1) is 17.1 Å². The van der Waals surface area contributed by atoms with E-state index in [1.165, 1.54) is 0 Å². The quantitative estimate of drug-likeness (QED) is 0.591. The summed E-state index contributed by atoms with van der Waals surface area (Å²) >= 11 is 0. The van der Waals surface area contributed by atoms with Gasteiger partial charge in [0.15, 0.2) is 0 Å². The first-order valence-electron chi connectivity index (χ1n) is 10.1. The van der Waals surface area contributed by atoms with E-state index in [4.69, 9.17) is 4.74 Å². The average molecular weight is 399 g/mol. The van der Waals surface area contributed by atoms with E-state index in [9.17, 15) is 8.42 Å². The maximum atomic E-state index is 13.1. The summed E-state index contributed by atoms with van der Waals surface area (Å²) in [4.78, 5) is 9.08. The van der Waals surface area contributed by atoms with E-state index >= 15 is 0 Å². The van der Waals surface area contributed by atoms with Crippen LogP contribution in [0.3, 0.4) is 0 Å². The number of likely N-dealkylation sites (tertiary alicyclic amines) is 1. The van der Waals surface area contributed by atoms with Crippen molar-refractivity contribution in [1.29, 1.82) is 0 Å². The minimum absolute atomic E-state index is 0.265. The number of sulfone groups is 1. The van der Waals surface area contributed by atoms with Crippen molar-refractivity contribution in [3.05, 3.63) is 11.9 Å². The van der Waals surface area contributed by atoms with Crippen LogP contribution in [0, 0.1) is 0 Å². The molecule has 1 aromatic heterocycles. The maximum absolute atomic E-state index is 13.1. The fourth-order valence-electron chi connectivity index (χ4n) is 4.31. The largest absolute Gasteiger partial charge is 0.385 e. The van der Waals surface area contributed by atoms with E-state index in [1.54, 1.807) is 13.3 Å². The molecule has 0 aromatic carbocycles. The van der Waals surface area contributed by atoms with Gasteiger partial charge >= 0.3 is 0 Å². The van der Waals surface area contributed by atoms with Crippen molar-refractivity contribution >= 4 is 9.84 Å². The van der Waals surface area contributed by atoms with E-state index < -0.39 is 9.84 Å². The number of likely N-dealkylation sites (N-methyl/N-ethyl adjacent to an activating group) is 1. The number of hydrogen-bond donors (Lipinski definition) is 0. The predicted molar refractivity (Wildman–Crippen MR) is 106 cm³/mol. The molecule has 0 N–H and O–H groups in total. The molecule has 0 bridgehead atoms. The summed E-state index contributed by atoms with van der Waals surface area (Å²) in [6.07, 6.45) is 7.24. The number of rotatable bonds is 9. The lowest BCUT2D eigenvalue weighted by Crippen LogP contribution is -2.31. The monoisotopic (exact) mass is 398 g/mol. The Bertz CT molecular complexity index is 711. The van der Waals surface area contributed by atoms with Crippen LogP contribution in [0.4, 0.5) is 0 Å². The third-order valence-electron chi connectivity index (χ3n) is 5.99.